The van der Waals surface area contributed by atoms with Crippen LogP contribution in [-0.2, 0) is 41.7 Å². The van der Waals surface area contributed by atoms with Crippen molar-refractivity contribution in [1.29, 1.82) is 0 Å². The molecule has 242 valence electrons. The third-order valence-corrected chi connectivity index (χ3v) is 8.90. The smallest absolute Gasteiger partial charge is 0.744 e. The molecule has 4 rings (SSSR count). The number of ether oxygens (including phenoxy) is 1. The molecule has 0 saturated carbocycles. The molecule has 0 fully saturated rings. The number of non-ortho nitro benzene ring substituents is 1. The first kappa shape index (κ1) is 45.2. The second-order valence-corrected chi connectivity index (χ2v) is 13.4. The van der Waals surface area contributed by atoms with Crippen molar-refractivity contribution in [2.45, 2.75) is 21.3 Å². The van der Waals surface area contributed by atoms with Crippen LogP contribution in [0.1, 0.15) is 26.3 Å². The van der Waals surface area contributed by atoms with E-state index in [4.69, 9.17) is 4.74 Å². The maximum atomic E-state index is 13.3. The predicted octanol–water partition coefficient (Wildman–Crippen LogP) is -6.88. The number of hydrogen-bond acceptors (Lipinski definition) is 14. The van der Waals surface area contributed by atoms with E-state index in [0.717, 1.165) is 18.2 Å². The number of nitrogens with one attached hydrogen (secondary N) is 2. The van der Waals surface area contributed by atoms with Crippen LogP contribution in [0, 0.1) is 10.1 Å². The standard InChI is InChI=1S/C26H21N3O14S3.3Na/c1-43-13-16-6-5-15(10-21(16)28-25(30)14-3-2-4-17(9-14)29(32)33)26(31)27-20-7-8-22(45(37,38)39)19-11-18(44(34,35)36)12-23(24(19)20)46(40,41)42;;;/h2-12H,13H2,1H3,(H,27,31)(H,28,30)(H,34,35,36)(H,37,38,39)(H,40,41,42);;;/q;3*+1/p-3. The van der Waals surface area contributed by atoms with Crippen LogP contribution in [0.3, 0.4) is 0 Å². The Morgan fingerprint density at radius 2 is 1.29 bits per heavy atom. The molecular weight excluding hydrogens is 743 g/mol. The Bertz CT molecular complexity index is 2290. The Labute approximate surface area is 345 Å². The van der Waals surface area contributed by atoms with E-state index in [1.165, 1.54) is 37.4 Å². The molecule has 0 bridgehead atoms. The van der Waals surface area contributed by atoms with Crippen LogP contribution in [0.5, 0.6) is 0 Å². The molecule has 17 nitrogen and oxygen atoms in total. The molecule has 23 heteroatoms. The summed E-state index contributed by atoms with van der Waals surface area (Å²) in [5, 5.41) is 14.0. The van der Waals surface area contributed by atoms with Crippen molar-refractivity contribution in [3.8, 4) is 0 Å². The molecule has 2 N–H and O–H groups in total. The largest absolute Gasteiger partial charge is 1.00 e. The molecule has 0 saturated heterocycles. The molecule has 0 aliphatic heterocycles. The van der Waals surface area contributed by atoms with Gasteiger partial charge in [0.1, 0.15) is 30.4 Å². The van der Waals surface area contributed by atoms with Crippen molar-refractivity contribution in [2.75, 3.05) is 17.7 Å². The summed E-state index contributed by atoms with van der Waals surface area (Å²) in [6, 6.07) is 10.5. The van der Waals surface area contributed by atoms with Crippen LogP contribution in [0.15, 0.2) is 81.4 Å². The van der Waals surface area contributed by atoms with E-state index in [1.807, 2.05) is 0 Å². The van der Waals surface area contributed by atoms with Gasteiger partial charge in [-0.05, 0) is 42.5 Å². The number of hydrogen-bond donors (Lipinski definition) is 2. The maximum Gasteiger partial charge on any atom is 1.00 e. The molecule has 2 amide bonds. The first-order valence-electron chi connectivity index (χ1n) is 12.3. The number of nitrogens with zero attached hydrogens (tertiary/aromatic N) is 1. The Morgan fingerprint density at radius 3 is 1.82 bits per heavy atom. The number of rotatable bonds is 10. The summed E-state index contributed by atoms with van der Waals surface area (Å²) < 4.78 is 112. The fraction of sp³-hybridized carbons (Fsp3) is 0.0769. The number of fused-ring (bicyclic) bond motifs is 1. The van der Waals surface area contributed by atoms with E-state index in [1.54, 1.807) is 0 Å². The van der Waals surface area contributed by atoms with Gasteiger partial charge in [0.2, 0.25) is 0 Å². The summed E-state index contributed by atoms with van der Waals surface area (Å²) in [5.74, 6) is -1.84. The average Bonchev–Trinajstić information content (AvgIpc) is 2.96. The van der Waals surface area contributed by atoms with Crippen LogP contribution in [-0.4, -0.2) is 62.8 Å². The van der Waals surface area contributed by atoms with Crippen LogP contribution in [0.25, 0.3) is 10.8 Å². The molecule has 0 unspecified atom stereocenters. The summed E-state index contributed by atoms with van der Waals surface area (Å²) in [5.41, 5.74) is -0.886. The van der Waals surface area contributed by atoms with Gasteiger partial charge in [0.05, 0.1) is 31.9 Å². The molecule has 0 aliphatic rings. The number of benzene rings is 4. The van der Waals surface area contributed by atoms with Crippen molar-refractivity contribution in [3.63, 3.8) is 0 Å². The fourth-order valence-corrected chi connectivity index (χ4v) is 6.33. The molecule has 0 radical (unpaired) electrons. The third kappa shape index (κ3) is 10.8. The zero-order valence-corrected chi connectivity index (χ0v) is 34.4. The van der Waals surface area contributed by atoms with Crippen LogP contribution in [0.2, 0.25) is 0 Å². The zero-order valence-electron chi connectivity index (χ0n) is 25.9. The van der Waals surface area contributed by atoms with Crippen LogP contribution in [0.4, 0.5) is 17.1 Å². The van der Waals surface area contributed by atoms with Gasteiger partial charge in [-0.15, -0.1) is 0 Å². The van der Waals surface area contributed by atoms with Gasteiger partial charge < -0.3 is 29.0 Å². The van der Waals surface area contributed by atoms with E-state index < -0.39 is 78.2 Å². The first-order valence-corrected chi connectivity index (χ1v) is 16.5. The quantitative estimate of drug-likeness (QED) is 0.0658. The van der Waals surface area contributed by atoms with Crippen molar-refractivity contribution >= 4 is 70.0 Å². The van der Waals surface area contributed by atoms with Crippen molar-refractivity contribution in [3.05, 3.63) is 93.5 Å². The topological polar surface area (TPSA) is 282 Å². The summed E-state index contributed by atoms with van der Waals surface area (Å²) >= 11 is 0. The van der Waals surface area contributed by atoms with E-state index in [0.29, 0.717) is 17.7 Å². The van der Waals surface area contributed by atoms with Gasteiger partial charge in [0.25, 0.3) is 17.5 Å². The second-order valence-electron chi connectivity index (χ2n) is 9.34. The molecule has 0 spiro atoms. The van der Waals surface area contributed by atoms with E-state index >= 15 is 0 Å². The second kappa shape index (κ2) is 17.6. The number of carbonyl (C=O) groups is 2. The number of carbonyl (C=O) groups excluding carboxylic acids is 2. The van der Waals surface area contributed by atoms with Gasteiger partial charge in [-0.2, -0.15) is 0 Å². The van der Waals surface area contributed by atoms with E-state index in [-0.39, 0.29) is 124 Å². The number of anilines is 2. The minimum absolute atomic E-state index is 0. The average molecular weight is 762 g/mol. The summed E-state index contributed by atoms with van der Waals surface area (Å²) in [4.78, 5) is 32.7. The Hall–Kier alpha value is -1.83. The minimum atomic E-state index is -5.67. The predicted molar refractivity (Wildman–Crippen MR) is 154 cm³/mol. The first-order chi connectivity index (χ1) is 21.3. The molecular formula is C26H18N3Na3O14S3. The number of amides is 2. The van der Waals surface area contributed by atoms with Gasteiger partial charge >= 0.3 is 88.7 Å². The van der Waals surface area contributed by atoms with Crippen molar-refractivity contribution in [2.24, 2.45) is 0 Å². The Kier molecular flexibility index (Phi) is 16.2. The Morgan fingerprint density at radius 1 is 0.714 bits per heavy atom. The number of nitro groups is 1. The van der Waals surface area contributed by atoms with Gasteiger partial charge in [0.15, 0.2) is 0 Å². The molecule has 4 aromatic rings. The summed E-state index contributed by atoms with van der Waals surface area (Å²) in [7, 11) is -15.3. The third-order valence-electron chi connectivity index (χ3n) is 6.33. The van der Waals surface area contributed by atoms with Gasteiger partial charge in [-0.1, -0.05) is 12.1 Å². The number of methoxy groups -OCH3 is 1. The van der Waals surface area contributed by atoms with Crippen molar-refractivity contribution < 1.29 is 147 Å². The normalized spacial score (nSPS) is 11.3. The zero-order chi connectivity index (χ0) is 34.2. The van der Waals surface area contributed by atoms with Crippen LogP contribution < -0.4 is 99.3 Å². The van der Waals surface area contributed by atoms with Crippen molar-refractivity contribution in [1.82, 2.24) is 0 Å². The maximum absolute atomic E-state index is 13.3. The van der Waals surface area contributed by atoms with Gasteiger partial charge in [-0.3, -0.25) is 19.7 Å². The summed E-state index contributed by atoms with van der Waals surface area (Å²) in [6.45, 7) is -0.0715. The molecule has 49 heavy (non-hydrogen) atoms. The molecule has 0 atom stereocenters. The molecule has 0 heterocycles. The number of nitro benzene ring substituents is 1. The van der Waals surface area contributed by atoms with Crippen LogP contribution >= 0.6 is 0 Å². The van der Waals surface area contributed by atoms with Gasteiger partial charge in [0, 0.05) is 52.4 Å². The minimum Gasteiger partial charge on any atom is -0.744 e. The summed E-state index contributed by atoms with van der Waals surface area (Å²) in [6.07, 6.45) is 0. The monoisotopic (exact) mass is 761 g/mol. The SMILES string of the molecule is COCc1ccc(C(=O)Nc2ccc(S(=O)(=O)[O-])c3cc(S(=O)(=O)[O-])cc(S(=O)(=O)[O-])c23)cc1NC(=O)c1cccc([N+](=O)[O-])c1.[Na+].[Na+].[Na+]. The molecule has 0 aromatic heterocycles. The fourth-order valence-electron chi connectivity index (χ4n) is 4.32. The molecule has 4 aromatic carbocycles. The van der Waals surface area contributed by atoms with Gasteiger partial charge in [-0.25, -0.2) is 25.3 Å². The van der Waals surface area contributed by atoms with E-state index in [2.05, 4.69) is 10.6 Å². The Balaban J connectivity index is 0.00000400. The molecule has 0 aliphatic carbocycles. The van der Waals surface area contributed by atoms with E-state index in [9.17, 15) is 58.6 Å².